The van der Waals surface area contributed by atoms with E-state index < -0.39 is 0 Å². The molecule has 1 aliphatic rings. The third-order valence-corrected chi connectivity index (χ3v) is 3.26. The van der Waals surface area contributed by atoms with Gasteiger partial charge in [-0.25, -0.2) is 0 Å². The van der Waals surface area contributed by atoms with E-state index in [1.54, 1.807) is 0 Å². The van der Waals surface area contributed by atoms with Gasteiger partial charge in [-0.2, -0.15) is 5.10 Å². The number of hydrogen-bond acceptors (Lipinski definition) is 2. The largest absolute Gasteiger partial charge is 0.311 e. The van der Waals surface area contributed by atoms with Gasteiger partial charge in [0.2, 0.25) is 0 Å². The van der Waals surface area contributed by atoms with Crippen LogP contribution in [0.1, 0.15) is 31.5 Å². The van der Waals surface area contributed by atoms with Crippen LogP contribution < -0.4 is 5.32 Å². The molecule has 0 spiro atoms. The van der Waals surface area contributed by atoms with E-state index in [9.17, 15) is 0 Å². The Morgan fingerprint density at radius 2 is 2.29 bits per heavy atom. The molecular formula is C11H19N3. The molecule has 1 aromatic heterocycles. The molecule has 1 fully saturated rings. The molecule has 1 N–H and O–H groups in total. The van der Waals surface area contributed by atoms with E-state index >= 15 is 0 Å². The van der Waals surface area contributed by atoms with E-state index in [2.05, 4.69) is 23.4 Å². The second-order valence-electron chi connectivity index (χ2n) is 4.38. The molecule has 0 bridgehead atoms. The zero-order valence-electron chi connectivity index (χ0n) is 9.20. The molecular weight excluding hydrogens is 174 g/mol. The van der Waals surface area contributed by atoms with E-state index in [-0.39, 0.29) is 0 Å². The van der Waals surface area contributed by atoms with Gasteiger partial charge in [0.1, 0.15) is 0 Å². The summed E-state index contributed by atoms with van der Waals surface area (Å²) in [6.45, 7) is 2.33. The molecule has 0 saturated heterocycles. The van der Waals surface area contributed by atoms with Crippen molar-refractivity contribution in [1.82, 2.24) is 15.1 Å². The van der Waals surface area contributed by atoms with Crippen molar-refractivity contribution in [2.45, 2.75) is 25.8 Å². The average molecular weight is 193 g/mol. The van der Waals surface area contributed by atoms with Crippen molar-refractivity contribution in [3.8, 4) is 0 Å². The Hall–Kier alpha value is -0.830. The van der Waals surface area contributed by atoms with Gasteiger partial charge in [-0.05, 0) is 37.8 Å². The molecule has 0 amide bonds. The molecule has 0 aromatic carbocycles. The SMILES string of the molecule is CNC(c1ccn(C)n1)C(C)C1CC1. The minimum Gasteiger partial charge on any atom is -0.311 e. The van der Waals surface area contributed by atoms with Crippen molar-refractivity contribution in [3.05, 3.63) is 18.0 Å². The van der Waals surface area contributed by atoms with Crippen molar-refractivity contribution in [1.29, 1.82) is 0 Å². The van der Waals surface area contributed by atoms with Crippen LogP contribution in [0.4, 0.5) is 0 Å². The highest BCUT2D eigenvalue weighted by Crippen LogP contribution is 2.42. The van der Waals surface area contributed by atoms with Crippen molar-refractivity contribution in [2.24, 2.45) is 18.9 Å². The molecule has 2 atom stereocenters. The number of rotatable bonds is 4. The summed E-state index contributed by atoms with van der Waals surface area (Å²) in [4.78, 5) is 0. The Bertz CT molecular complexity index is 301. The summed E-state index contributed by atoms with van der Waals surface area (Å²) in [5.41, 5.74) is 1.18. The fraction of sp³-hybridized carbons (Fsp3) is 0.727. The van der Waals surface area contributed by atoms with Crippen LogP contribution in [-0.2, 0) is 7.05 Å². The highest BCUT2D eigenvalue weighted by Gasteiger charge is 2.34. The predicted molar refractivity (Wildman–Crippen MR) is 56.9 cm³/mol. The second-order valence-corrected chi connectivity index (χ2v) is 4.38. The maximum atomic E-state index is 4.47. The lowest BCUT2D eigenvalue weighted by Crippen LogP contribution is -2.25. The van der Waals surface area contributed by atoms with Crippen LogP contribution in [0.25, 0.3) is 0 Å². The predicted octanol–water partition coefficient (Wildman–Crippen LogP) is 1.73. The maximum Gasteiger partial charge on any atom is 0.0796 e. The van der Waals surface area contributed by atoms with E-state index in [1.165, 1.54) is 18.5 Å². The van der Waals surface area contributed by atoms with Crippen LogP contribution in [-0.4, -0.2) is 16.8 Å². The first-order valence-electron chi connectivity index (χ1n) is 5.39. The molecule has 0 aliphatic heterocycles. The summed E-state index contributed by atoms with van der Waals surface area (Å²) in [6, 6.07) is 2.53. The lowest BCUT2D eigenvalue weighted by molar-refractivity contribution is 0.360. The van der Waals surface area contributed by atoms with Gasteiger partial charge in [0, 0.05) is 13.2 Å². The molecule has 1 saturated carbocycles. The lowest BCUT2D eigenvalue weighted by Gasteiger charge is -2.21. The van der Waals surface area contributed by atoms with Gasteiger partial charge in [0.15, 0.2) is 0 Å². The average Bonchev–Trinajstić information content (AvgIpc) is 2.92. The zero-order chi connectivity index (χ0) is 10.1. The fourth-order valence-electron chi connectivity index (χ4n) is 2.17. The Labute approximate surface area is 85.5 Å². The van der Waals surface area contributed by atoms with E-state index in [4.69, 9.17) is 0 Å². The quantitative estimate of drug-likeness (QED) is 0.789. The lowest BCUT2D eigenvalue weighted by atomic mass is 9.94. The van der Waals surface area contributed by atoms with Crippen LogP contribution >= 0.6 is 0 Å². The normalized spacial score (nSPS) is 20.8. The fourth-order valence-corrected chi connectivity index (χ4v) is 2.17. The standard InChI is InChI=1S/C11H19N3/c1-8(9-4-5-9)11(12-2)10-6-7-14(3)13-10/h6-9,11-12H,4-5H2,1-3H3. The summed E-state index contributed by atoms with van der Waals surface area (Å²) in [5, 5.41) is 7.84. The Balaban J connectivity index is 2.11. The molecule has 0 radical (unpaired) electrons. The molecule has 14 heavy (non-hydrogen) atoms. The highest BCUT2D eigenvalue weighted by molar-refractivity contribution is 5.08. The van der Waals surface area contributed by atoms with Gasteiger partial charge >= 0.3 is 0 Å². The van der Waals surface area contributed by atoms with Crippen LogP contribution in [0.3, 0.4) is 0 Å². The van der Waals surface area contributed by atoms with Gasteiger partial charge < -0.3 is 5.32 Å². The first kappa shape index (κ1) is 9.71. The van der Waals surface area contributed by atoms with E-state index in [0.29, 0.717) is 12.0 Å². The van der Waals surface area contributed by atoms with Crippen LogP contribution in [0.15, 0.2) is 12.3 Å². The van der Waals surface area contributed by atoms with Gasteiger partial charge in [-0.1, -0.05) is 6.92 Å². The molecule has 1 aliphatic carbocycles. The van der Waals surface area contributed by atoms with Crippen molar-refractivity contribution in [3.63, 3.8) is 0 Å². The molecule has 1 aromatic rings. The number of nitrogens with zero attached hydrogens (tertiary/aromatic N) is 2. The molecule has 1 heterocycles. The molecule has 3 heteroatoms. The summed E-state index contributed by atoms with van der Waals surface area (Å²) >= 11 is 0. The van der Waals surface area contributed by atoms with Crippen LogP contribution in [0.5, 0.6) is 0 Å². The van der Waals surface area contributed by atoms with Crippen LogP contribution in [0, 0.1) is 11.8 Å². The monoisotopic (exact) mass is 193 g/mol. The number of aryl methyl sites for hydroxylation is 1. The van der Waals surface area contributed by atoms with Gasteiger partial charge in [0.25, 0.3) is 0 Å². The van der Waals surface area contributed by atoms with Crippen molar-refractivity contribution < 1.29 is 0 Å². The first-order chi connectivity index (χ1) is 6.72. The Morgan fingerprint density at radius 1 is 1.57 bits per heavy atom. The second kappa shape index (κ2) is 3.73. The molecule has 2 unspecified atom stereocenters. The number of hydrogen-bond donors (Lipinski definition) is 1. The first-order valence-corrected chi connectivity index (χ1v) is 5.39. The Kier molecular flexibility index (Phi) is 2.59. The van der Waals surface area contributed by atoms with Crippen LogP contribution in [0.2, 0.25) is 0 Å². The van der Waals surface area contributed by atoms with Gasteiger partial charge in [0.05, 0.1) is 11.7 Å². The Morgan fingerprint density at radius 3 is 2.71 bits per heavy atom. The topological polar surface area (TPSA) is 29.9 Å². The molecule has 2 rings (SSSR count). The summed E-state index contributed by atoms with van der Waals surface area (Å²) < 4.78 is 1.87. The summed E-state index contributed by atoms with van der Waals surface area (Å²) in [5.74, 6) is 1.62. The minimum absolute atomic E-state index is 0.420. The summed E-state index contributed by atoms with van der Waals surface area (Å²) in [7, 11) is 4.00. The van der Waals surface area contributed by atoms with E-state index in [0.717, 1.165) is 5.92 Å². The van der Waals surface area contributed by atoms with Gasteiger partial charge in [-0.3, -0.25) is 4.68 Å². The van der Waals surface area contributed by atoms with Gasteiger partial charge in [-0.15, -0.1) is 0 Å². The summed E-state index contributed by atoms with van der Waals surface area (Å²) in [6.07, 6.45) is 4.80. The molecule has 3 nitrogen and oxygen atoms in total. The minimum atomic E-state index is 0.420. The number of aromatic nitrogens is 2. The smallest absolute Gasteiger partial charge is 0.0796 e. The zero-order valence-corrected chi connectivity index (χ0v) is 9.20. The number of nitrogens with one attached hydrogen (secondary N) is 1. The third-order valence-electron chi connectivity index (χ3n) is 3.26. The maximum absolute atomic E-state index is 4.47. The third kappa shape index (κ3) is 1.82. The van der Waals surface area contributed by atoms with E-state index in [1.807, 2.05) is 25.0 Å². The highest BCUT2D eigenvalue weighted by atomic mass is 15.3. The molecule has 78 valence electrons. The van der Waals surface area contributed by atoms with Crippen molar-refractivity contribution in [2.75, 3.05) is 7.05 Å². The van der Waals surface area contributed by atoms with Crippen molar-refractivity contribution >= 4 is 0 Å².